The summed E-state index contributed by atoms with van der Waals surface area (Å²) in [6.45, 7) is 9.82. The number of aromatic nitrogens is 1. The van der Waals surface area contributed by atoms with E-state index in [0.29, 0.717) is 17.2 Å². The second-order valence-corrected chi connectivity index (χ2v) is 11.0. The summed E-state index contributed by atoms with van der Waals surface area (Å²) in [6.07, 6.45) is 0.387. The van der Waals surface area contributed by atoms with E-state index in [4.69, 9.17) is 4.74 Å². The molecule has 2 atom stereocenters. The normalized spacial score (nSPS) is 20.7. The first-order valence-electron chi connectivity index (χ1n) is 9.62. The Labute approximate surface area is 176 Å². The molecule has 7 nitrogen and oxygen atoms in total. The third-order valence-electron chi connectivity index (χ3n) is 4.72. The number of morpholine rings is 1. The zero-order valence-corrected chi connectivity index (χ0v) is 18.7. The Balaban J connectivity index is 1.61. The minimum Gasteiger partial charge on any atom is -0.373 e. The average molecular weight is 438 g/mol. The van der Waals surface area contributed by atoms with Gasteiger partial charge in [0.25, 0.3) is 5.91 Å². The Bertz CT molecular complexity index is 944. The number of sulfone groups is 1. The van der Waals surface area contributed by atoms with E-state index < -0.39 is 15.1 Å². The summed E-state index contributed by atoms with van der Waals surface area (Å²) in [6, 6.07) is 5.99. The maximum absolute atomic E-state index is 12.5. The van der Waals surface area contributed by atoms with Crippen LogP contribution >= 0.6 is 11.3 Å². The van der Waals surface area contributed by atoms with E-state index in [1.165, 1.54) is 35.6 Å². The van der Waals surface area contributed by atoms with Crippen molar-refractivity contribution in [3.63, 3.8) is 0 Å². The second-order valence-electron chi connectivity index (χ2n) is 7.67. The number of hydrogen-bond donors (Lipinski definition) is 1. The number of rotatable bonds is 6. The summed E-state index contributed by atoms with van der Waals surface area (Å²) in [5, 5.41) is 4.75. The molecule has 9 heteroatoms. The van der Waals surface area contributed by atoms with Gasteiger partial charge in [-0.25, -0.2) is 13.4 Å². The monoisotopic (exact) mass is 437 g/mol. The zero-order valence-electron chi connectivity index (χ0n) is 17.1. The fraction of sp³-hybridized carbons (Fsp3) is 0.500. The summed E-state index contributed by atoms with van der Waals surface area (Å²) in [5.74, 6) is -0.312. The summed E-state index contributed by atoms with van der Waals surface area (Å²) in [7, 11) is -3.35. The summed E-state index contributed by atoms with van der Waals surface area (Å²) in [4.78, 5) is 19.5. The molecule has 2 unspecified atom stereocenters. The van der Waals surface area contributed by atoms with Crippen molar-refractivity contribution in [1.29, 1.82) is 0 Å². The lowest BCUT2D eigenvalue weighted by Crippen LogP contribution is -2.44. The number of benzene rings is 1. The van der Waals surface area contributed by atoms with Crippen LogP contribution in [0.1, 0.15) is 43.7 Å². The van der Waals surface area contributed by atoms with Crippen LogP contribution < -0.4 is 5.32 Å². The molecule has 0 spiro atoms. The van der Waals surface area contributed by atoms with Crippen molar-refractivity contribution in [3.05, 3.63) is 40.9 Å². The number of carbonyl (C=O) groups excluding carboxylic acids is 1. The quantitative estimate of drug-likeness (QED) is 0.747. The molecule has 1 fully saturated rings. The van der Waals surface area contributed by atoms with Gasteiger partial charge in [0.2, 0.25) is 0 Å². The highest BCUT2D eigenvalue weighted by Gasteiger charge is 2.23. The molecule has 0 bridgehead atoms. The number of anilines is 1. The van der Waals surface area contributed by atoms with Crippen molar-refractivity contribution in [2.75, 3.05) is 18.4 Å². The van der Waals surface area contributed by atoms with E-state index in [-0.39, 0.29) is 23.0 Å². The zero-order chi connectivity index (χ0) is 21.2. The Hall–Kier alpha value is -1.81. The van der Waals surface area contributed by atoms with Crippen LogP contribution in [0.25, 0.3) is 0 Å². The van der Waals surface area contributed by atoms with Crippen LogP contribution in [0.4, 0.5) is 5.13 Å². The molecule has 1 saturated heterocycles. The molecule has 0 aliphatic carbocycles. The Morgan fingerprint density at radius 1 is 1.24 bits per heavy atom. The molecule has 1 aromatic carbocycles. The number of hydrogen-bond acceptors (Lipinski definition) is 7. The maximum atomic E-state index is 12.5. The molecule has 1 amide bonds. The maximum Gasteiger partial charge on any atom is 0.257 e. The minimum atomic E-state index is -3.35. The minimum absolute atomic E-state index is 0.194. The van der Waals surface area contributed by atoms with E-state index in [2.05, 4.69) is 29.0 Å². The molecule has 158 valence electrons. The van der Waals surface area contributed by atoms with Crippen molar-refractivity contribution < 1.29 is 17.9 Å². The number of thiazole rings is 1. The van der Waals surface area contributed by atoms with Gasteiger partial charge in [-0.05, 0) is 52.0 Å². The Kier molecular flexibility index (Phi) is 6.72. The largest absolute Gasteiger partial charge is 0.373 e. The predicted molar refractivity (Wildman–Crippen MR) is 114 cm³/mol. The summed E-state index contributed by atoms with van der Waals surface area (Å²) < 4.78 is 30.1. The summed E-state index contributed by atoms with van der Waals surface area (Å²) in [5.41, 5.74) is 1.30. The predicted octanol–water partition coefficient (Wildman–Crippen LogP) is 3.19. The lowest BCUT2D eigenvalue weighted by molar-refractivity contribution is -0.0707. The van der Waals surface area contributed by atoms with Gasteiger partial charge >= 0.3 is 0 Å². The van der Waals surface area contributed by atoms with E-state index in [1.807, 2.05) is 5.38 Å². The van der Waals surface area contributed by atoms with Crippen molar-refractivity contribution in [3.8, 4) is 0 Å². The molecule has 0 saturated carbocycles. The van der Waals surface area contributed by atoms with Gasteiger partial charge in [-0.15, -0.1) is 11.3 Å². The van der Waals surface area contributed by atoms with Gasteiger partial charge < -0.3 is 4.74 Å². The molecule has 2 aromatic rings. The molecule has 0 radical (unpaired) electrons. The highest BCUT2D eigenvalue weighted by molar-refractivity contribution is 7.92. The van der Waals surface area contributed by atoms with Gasteiger partial charge in [0.1, 0.15) is 0 Å². The van der Waals surface area contributed by atoms with E-state index >= 15 is 0 Å². The third-order valence-corrected chi connectivity index (χ3v) is 7.70. The summed E-state index contributed by atoms with van der Waals surface area (Å²) >= 11 is 1.38. The number of amides is 1. The number of ether oxygens (including phenoxy) is 1. The van der Waals surface area contributed by atoms with E-state index in [0.717, 1.165) is 18.8 Å². The average Bonchev–Trinajstić information content (AvgIpc) is 3.07. The fourth-order valence-corrected chi connectivity index (χ4v) is 5.07. The Morgan fingerprint density at radius 2 is 1.86 bits per heavy atom. The van der Waals surface area contributed by atoms with Crippen LogP contribution in [0, 0.1) is 0 Å². The molecule has 1 aromatic heterocycles. The van der Waals surface area contributed by atoms with Crippen LogP contribution in [-0.2, 0) is 21.1 Å². The standard InChI is InChI=1S/C20H27N3O4S2/c1-13(2)29(25,26)18-7-5-16(6-8-18)19(24)22-20-21-17(12-28-20)11-23-9-14(3)27-15(4)10-23/h5-8,12-15H,9-11H2,1-4H3,(H,21,22,24). The van der Waals surface area contributed by atoms with E-state index in [9.17, 15) is 13.2 Å². The molecule has 3 rings (SSSR count). The highest BCUT2D eigenvalue weighted by atomic mass is 32.2. The van der Waals surface area contributed by atoms with Crippen molar-refractivity contribution >= 4 is 32.2 Å². The smallest absolute Gasteiger partial charge is 0.257 e. The molecular formula is C20H27N3O4S2. The first-order chi connectivity index (χ1) is 13.6. The van der Waals surface area contributed by atoms with Crippen molar-refractivity contribution in [2.24, 2.45) is 0 Å². The fourth-order valence-electron chi connectivity index (χ4n) is 3.32. The molecule has 2 heterocycles. The van der Waals surface area contributed by atoms with Gasteiger partial charge in [0.05, 0.1) is 28.0 Å². The van der Waals surface area contributed by atoms with Crippen molar-refractivity contribution in [2.45, 2.75) is 56.6 Å². The van der Waals surface area contributed by atoms with Gasteiger partial charge in [-0.2, -0.15) is 0 Å². The lowest BCUT2D eigenvalue weighted by Gasteiger charge is -2.34. The van der Waals surface area contributed by atoms with Gasteiger partial charge in [0.15, 0.2) is 15.0 Å². The van der Waals surface area contributed by atoms with Gasteiger partial charge in [-0.1, -0.05) is 0 Å². The van der Waals surface area contributed by atoms with Crippen LogP contribution in [-0.4, -0.2) is 54.8 Å². The van der Waals surface area contributed by atoms with Crippen molar-refractivity contribution in [1.82, 2.24) is 9.88 Å². The Morgan fingerprint density at radius 3 is 2.45 bits per heavy atom. The van der Waals surface area contributed by atoms with Gasteiger partial charge in [0, 0.05) is 30.6 Å². The van der Waals surface area contributed by atoms with E-state index in [1.54, 1.807) is 13.8 Å². The molecule has 1 N–H and O–H groups in total. The molecule has 29 heavy (non-hydrogen) atoms. The van der Waals surface area contributed by atoms with Crippen LogP contribution in [0.3, 0.4) is 0 Å². The molecule has 1 aliphatic heterocycles. The lowest BCUT2D eigenvalue weighted by atomic mass is 10.2. The first-order valence-corrected chi connectivity index (χ1v) is 12.0. The van der Waals surface area contributed by atoms with Crippen LogP contribution in [0.15, 0.2) is 34.5 Å². The highest BCUT2D eigenvalue weighted by Crippen LogP contribution is 2.21. The first kappa shape index (κ1) is 21.9. The SMILES string of the molecule is CC1CN(Cc2csc(NC(=O)c3ccc(S(=O)(=O)C(C)C)cc3)n2)CC(C)O1. The number of nitrogens with one attached hydrogen (secondary N) is 1. The number of carbonyl (C=O) groups is 1. The third kappa shape index (κ3) is 5.42. The number of nitrogens with zero attached hydrogens (tertiary/aromatic N) is 2. The van der Waals surface area contributed by atoms with Crippen LogP contribution in [0.2, 0.25) is 0 Å². The molecular weight excluding hydrogens is 410 g/mol. The molecule has 1 aliphatic rings. The topological polar surface area (TPSA) is 88.6 Å². The van der Waals surface area contributed by atoms with Gasteiger partial charge in [-0.3, -0.25) is 15.0 Å². The van der Waals surface area contributed by atoms with Crippen LogP contribution in [0.5, 0.6) is 0 Å². The second kappa shape index (κ2) is 8.91.